The molecule has 3 heteroatoms. The topological polar surface area (TPSA) is 9.23 Å². The van der Waals surface area contributed by atoms with Gasteiger partial charge in [0, 0.05) is 11.6 Å². The highest BCUT2D eigenvalue weighted by Crippen LogP contribution is 2.26. The van der Waals surface area contributed by atoms with E-state index in [2.05, 4.69) is 6.92 Å². The van der Waals surface area contributed by atoms with E-state index in [9.17, 15) is 8.78 Å². The van der Waals surface area contributed by atoms with Crippen molar-refractivity contribution in [2.45, 2.75) is 19.8 Å². The Morgan fingerprint density at radius 2 is 1.74 bits per heavy atom. The molecule has 0 bridgehead atoms. The maximum Gasteiger partial charge on any atom is 0.134 e. The third kappa shape index (κ3) is 3.53. The van der Waals surface area contributed by atoms with Crippen LogP contribution in [0.25, 0.3) is 11.1 Å². The average Bonchev–Trinajstić information content (AvgIpc) is 2.41. The van der Waals surface area contributed by atoms with Crippen LogP contribution < -0.4 is 4.74 Å². The molecule has 1 nitrogen and oxygen atoms in total. The Hall–Kier alpha value is -1.90. The van der Waals surface area contributed by atoms with Gasteiger partial charge < -0.3 is 4.74 Å². The van der Waals surface area contributed by atoms with Gasteiger partial charge in [-0.2, -0.15) is 0 Å². The molecule has 0 fully saturated rings. The second-order valence-electron chi connectivity index (χ2n) is 4.35. The zero-order chi connectivity index (χ0) is 13.7. The number of benzene rings is 2. The fourth-order valence-electron chi connectivity index (χ4n) is 1.78. The third-order valence-corrected chi connectivity index (χ3v) is 2.86. The van der Waals surface area contributed by atoms with Crippen LogP contribution in [0, 0.1) is 11.6 Å². The van der Waals surface area contributed by atoms with Crippen LogP contribution in [0.15, 0.2) is 42.5 Å². The first-order chi connectivity index (χ1) is 9.20. The second kappa shape index (κ2) is 6.32. The van der Waals surface area contributed by atoms with Gasteiger partial charge in [0.2, 0.25) is 0 Å². The molecule has 0 heterocycles. The smallest absolute Gasteiger partial charge is 0.134 e. The van der Waals surface area contributed by atoms with Crippen molar-refractivity contribution in [1.82, 2.24) is 0 Å². The molecule has 0 amide bonds. The summed E-state index contributed by atoms with van der Waals surface area (Å²) in [5.41, 5.74) is 1.10. The molecule has 0 aliphatic rings. The summed E-state index contributed by atoms with van der Waals surface area (Å²) in [6, 6.07) is 10.5. The van der Waals surface area contributed by atoms with Crippen LogP contribution in [0.2, 0.25) is 0 Å². The number of rotatable bonds is 5. The van der Waals surface area contributed by atoms with Gasteiger partial charge in [-0.15, -0.1) is 0 Å². The molecular weight excluding hydrogens is 246 g/mol. The highest BCUT2D eigenvalue weighted by molar-refractivity contribution is 5.64. The maximum atomic E-state index is 14.0. The summed E-state index contributed by atoms with van der Waals surface area (Å²) in [6.45, 7) is 2.66. The zero-order valence-corrected chi connectivity index (χ0v) is 10.8. The van der Waals surface area contributed by atoms with Crippen molar-refractivity contribution in [2.24, 2.45) is 0 Å². The predicted molar refractivity (Wildman–Crippen MR) is 72.2 cm³/mol. The molecule has 0 saturated heterocycles. The van der Waals surface area contributed by atoms with Crippen molar-refractivity contribution < 1.29 is 13.5 Å². The number of unbranched alkanes of at least 4 members (excludes halogenated alkanes) is 1. The summed E-state index contributed by atoms with van der Waals surface area (Å²) in [7, 11) is 0. The van der Waals surface area contributed by atoms with Gasteiger partial charge >= 0.3 is 0 Å². The molecule has 0 N–H and O–H groups in total. The third-order valence-electron chi connectivity index (χ3n) is 2.86. The summed E-state index contributed by atoms with van der Waals surface area (Å²) in [6.07, 6.45) is 1.98. The quantitative estimate of drug-likeness (QED) is 0.702. The average molecular weight is 262 g/mol. The van der Waals surface area contributed by atoms with E-state index in [4.69, 9.17) is 4.74 Å². The summed E-state index contributed by atoms with van der Waals surface area (Å²) in [5, 5.41) is 0. The lowest BCUT2D eigenvalue weighted by atomic mass is 10.1. The molecule has 2 rings (SSSR count). The Morgan fingerprint density at radius 3 is 2.37 bits per heavy atom. The summed E-state index contributed by atoms with van der Waals surface area (Å²) in [4.78, 5) is 0. The van der Waals surface area contributed by atoms with Gasteiger partial charge in [-0.1, -0.05) is 25.5 Å². The van der Waals surface area contributed by atoms with Crippen molar-refractivity contribution in [2.75, 3.05) is 6.61 Å². The largest absolute Gasteiger partial charge is 0.493 e. The maximum absolute atomic E-state index is 14.0. The molecule has 0 radical (unpaired) electrons. The molecule has 0 aliphatic carbocycles. The zero-order valence-electron chi connectivity index (χ0n) is 10.8. The Morgan fingerprint density at radius 1 is 1.00 bits per heavy atom. The van der Waals surface area contributed by atoms with E-state index in [0.717, 1.165) is 12.8 Å². The lowest BCUT2D eigenvalue weighted by Gasteiger charge is -2.08. The summed E-state index contributed by atoms with van der Waals surface area (Å²) in [5.74, 6) is -0.166. The van der Waals surface area contributed by atoms with Gasteiger partial charge in [-0.05, 0) is 36.2 Å². The highest BCUT2D eigenvalue weighted by atomic mass is 19.1. The van der Waals surface area contributed by atoms with E-state index in [1.807, 2.05) is 0 Å². The van der Waals surface area contributed by atoms with Crippen LogP contribution >= 0.6 is 0 Å². The Bertz CT molecular complexity index is 535. The minimum Gasteiger partial charge on any atom is -0.493 e. The lowest BCUT2D eigenvalue weighted by molar-refractivity contribution is 0.308. The molecule has 0 saturated carbocycles. The number of hydrogen-bond donors (Lipinski definition) is 0. The van der Waals surface area contributed by atoms with E-state index in [-0.39, 0.29) is 11.6 Å². The SMILES string of the molecule is CCCCOc1ccc(-c2ccc(F)cc2)c(F)c1. The van der Waals surface area contributed by atoms with Crippen LogP contribution in [-0.4, -0.2) is 6.61 Å². The highest BCUT2D eigenvalue weighted by Gasteiger charge is 2.07. The fraction of sp³-hybridized carbons (Fsp3) is 0.250. The van der Waals surface area contributed by atoms with Gasteiger partial charge in [0.15, 0.2) is 0 Å². The van der Waals surface area contributed by atoms with Crippen molar-refractivity contribution in [3.63, 3.8) is 0 Å². The first-order valence-electron chi connectivity index (χ1n) is 6.39. The van der Waals surface area contributed by atoms with Gasteiger partial charge in [0.1, 0.15) is 17.4 Å². The molecule has 0 aliphatic heterocycles. The van der Waals surface area contributed by atoms with Crippen LogP contribution in [0.3, 0.4) is 0 Å². The van der Waals surface area contributed by atoms with E-state index >= 15 is 0 Å². The van der Waals surface area contributed by atoms with E-state index in [1.165, 1.54) is 18.2 Å². The van der Waals surface area contributed by atoms with E-state index in [0.29, 0.717) is 23.5 Å². The Labute approximate surface area is 111 Å². The van der Waals surface area contributed by atoms with Gasteiger partial charge in [-0.25, -0.2) is 8.78 Å². The Kier molecular flexibility index (Phi) is 4.50. The fourth-order valence-corrected chi connectivity index (χ4v) is 1.78. The number of hydrogen-bond acceptors (Lipinski definition) is 1. The Balaban J connectivity index is 2.17. The van der Waals surface area contributed by atoms with E-state index in [1.54, 1.807) is 24.3 Å². The van der Waals surface area contributed by atoms with Crippen molar-refractivity contribution in [3.8, 4) is 16.9 Å². The van der Waals surface area contributed by atoms with Crippen LogP contribution in [-0.2, 0) is 0 Å². The minimum absolute atomic E-state index is 0.330. The standard InChI is InChI=1S/C16H16F2O/c1-2-3-10-19-14-8-9-15(16(18)11-14)12-4-6-13(17)7-5-12/h4-9,11H,2-3,10H2,1H3. The van der Waals surface area contributed by atoms with E-state index < -0.39 is 0 Å². The van der Waals surface area contributed by atoms with Crippen molar-refractivity contribution >= 4 is 0 Å². The van der Waals surface area contributed by atoms with Crippen LogP contribution in [0.1, 0.15) is 19.8 Å². The molecular formula is C16H16F2O. The first-order valence-corrected chi connectivity index (χ1v) is 6.39. The van der Waals surface area contributed by atoms with Crippen molar-refractivity contribution in [3.05, 3.63) is 54.1 Å². The molecule has 0 atom stereocenters. The molecule has 0 unspecified atom stereocenters. The molecule has 0 aromatic heterocycles. The lowest BCUT2D eigenvalue weighted by Crippen LogP contribution is -1.97. The molecule has 100 valence electrons. The van der Waals surface area contributed by atoms with Gasteiger partial charge in [0.25, 0.3) is 0 Å². The van der Waals surface area contributed by atoms with Crippen LogP contribution in [0.5, 0.6) is 5.75 Å². The van der Waals surface area contributed by atoms with Gasteiger partial charge in [-0.3, -0.25) is 0 Å². The molecule has 2 aromatic rings. The second-order valence-corrected chi connectivity index (χ2v) is 4.35. The molecule has 19 heavy (non-hydrogen) atoms. The van der Waals surface area contributed by atoms with Crippen LogP contribution in [0.4, 0.5) is 8.78 Å². The van der Waals surface area contributed by atoms with Crippen molar-refractivity contribution in [1.29, 1.82) is 0 Å². The molecule has 0 spiro atoms. The summed E-state index contributed by atoms with van der Waals surface area (Å²) >= 11 is 0. The normalized spacial score (nSPS) is 10.5. The molecule has 2 aromatic carbocycles. The number of ether oxygens (including phenoxy) is 1. The monoisotopic (exact) mass is 262 g/mol. The minimum atomic E-state index is -0.361. The first kappa shape index (κ1) is 13.5. The predicted octanol–water partition coefficient (Wildman–Crippen LogP) is 4.81. The van der Waals surface area contributed by atoms with Gasteiger partial charge in [0.05, 0.1) is 6.61 Å². The number of halogens is 2. The summed E-state index contributed by atoms with van der Waals surface area (Å²) < 4.78 is 32.2.